The molecule has 1 rings (SSSR count). The van der Waals surface area contributed by atoms with Crippen molar-refractivity contribution in [2.45, 2.75) is 18.5 Å². The SMILES string of the molecule is COCCOCCn1cc[n+](C)c1.F[B-](F)(F)C(F)(F)C(F)(F)F. The molecular formula is C11H17BF8N2O2. The molecule has 0 atom stereocenters. The molecule has 0 aliphatic rings. The number of hydrogen-bond acceptors (Lipinski definition) is 2. The Balaban J connectivity index is 0.000000449. The zero-order chi connectivity index (χ0) is 19.0. The number of methoxy groups -OCH3 is 1. The predicted molar refractivity (Wildman–Crippen MR) is 68.4 cm³/mol. The van der Waals surface area contributed by atoms with E-state index in [2.05, 4.69) is 4.57 Å². The van der Waals surface area contributed by atoms with E-state index in [4.69, 9.17) is 9.47 Å². The van der Waals surface area contributed by atoms with Crippen LogP contribution < -0.4 is 4.57 Å². The highest BCUT2D eigenvalue weighted by atomic mass is 19.4. The minimum atomic E-state index is -7.21. The Morgan fingerprint density at radius 3 is 1.96 bits per heavy atom. The summed E-state index contributed by atoms with van der Waals surface area (Å²) in [6.45, 7) is -4.24. The van der Waals surface area contributed by atoms with E-state index in [-0.39, 0.29) is 0 Å². The first-order chi connectivity index (χ1) is 10.8. The molecule has 1 aromatic rings. The monoisotopic (exact) mass is 372 g/mol. The number of halogens is 8. The van der Waals surface area contributed by atoms with Crippen molar-refractivity contribution in [1.82, 2.24) is 4.57 Å². The standard InChI is InChI=1S/C9H17N2O2.C2BF8/c1-10-3-4-11(9-10)5-6-13-8-7-12-2;4-1(5,2(6,7)8)3(9,10)11/h3-4,9H,5-8H2,1-2H3;/q+1;-1. The van der Waals surface area contributed by atoms with Crippen LogP contribution in [0.15, 0.2) is 18.7 Å². The molecule has 1 heterocycles. The number of imidazole rings is 1. The third-order valence-corrected chi connectivity index (χ3v) is 2.54. The summed E-state index contributed by atoms with van der Waals surface area (Å²) < 4.78 is 102. The average Bonchev–Trinajstić information content (AvgIpc) is 2.82. The lowest BCUT2D eigenvalue weighted by Gasteiger charge is -2.28. The van der Waals surface area contributed by atoms with Crippen molar-refractivity contribution < 1.29 is 48.9 Å². The molecule has 0 aliphatic carbocycles. The smallest absolute Gasteiger partial charge is 0.445 e. The second kappa shape index (κ2) is 9.21. The van der Waals surface area contributed by atoms with Crippen LogP contribution in [0.4, 0.5) is 34.9 Å². The van der Waals surface area contributed by atoms with Crippen LogP contribution in [0.2, 0.25) is 0 Å². The van der Waals surface area contributed by atoms with Gasteiger partial charge in [-0.1, -0.05) is 0 Å². The highest BCUT2D eigenvalue weighted by Gasteiger charge is 2.69. The largest absolute Gasteiger partial charge is 0.558 e. The van der Waals surface area contributed by atoms with Gasteiger partial charge in [0.1, 0.15) is 18.9 Å². The third-order valence-electron chi connectivity index (χ3n) is 2.54. The fraction of sp³-hybridized carbons (Fsp3) is 0.727. The summed E-state index contributed by atoms with van der Waals surface area (Å²) in [6.07, 6.45) is -0.486. The van der Waals surface area contributed by atoms with Gasteiger partial charge in [0.05, 0.1) is 26.9 Å². The second-order valence-corrected chi connectivity index (χ2v) is 4.62. The molecule has 0 aliphatic heterocycles. The molecule has 0 fully saturated rings. The van der Waals surface area contributed by atoms with E-state index in [1.54, 1.807) is 7.11 Å². The van der Waals surface area contributed by atoms with Crippen molar-refractivity contribution in [2.24, 2.45) is 7.05 Å². The highest BCUT2D eigenvalue weighted by molar-refractivity contribution is 6.61. The van der Waals surface area contributed by atoms with E-state index in [0.717, 1.165) is 13.2 Å². The van der Waals surface area contributed by atoms with Gasteiger partial charge in [0.15, 0.2) is 0 Å². The fourth-order valence-electron chi connectivity index (χ4n) is 1.23. The maximum atomic E-state index is 11.2. The number of aromatic nitrogens is 2. The first-order valence-corrected chi connectivity index (χ1v) is 6.54. The molecule has 0 aromatic carbocycles. The first kappa shape index (κ1) is 22.6. The lowest BCUT2D eigenvalue weighted by Crippen LogP contribution is -2.53. The van der Waals surface area contributed by atoms with Crippen LogP contribution in [-0.2, 0) is 23.1 Å². The Hall–Kier alpha value is -1.37. The van der Waals surface area contributed by atoms with Crippen LogP contribution in [0, 0.1) is 0 Å². The molecule has 0 N–H and O–H groups in total. The average molecular weight is 372 g/mol. The van der Waals surface area contributed by atoms with Crippen LogP contribution in [-0.4, -0.2) is 50.5 Å². The van der Waals surface area contributed by atoms with Gasteiger partial charge in [-0.05, 0) is 0 Å². The molecule has 0 amide bonds. The second-order valence-electron chi connectivity index (χ2n) is 4.62. The van der Waals surface area contributed by atoms with E-state index < -0.39 is 19.0 Å². The number of rotatable bonds is 7. The van der Waals surface area contributed by atoms with Gasteiger partial charge in [0.25, 0.3) is 0 Å². The first-order valence-electron chi connectivity index (χ1n) is 6.54. The number of nitrogens with zero attached hydrogens (tertiary/aromatic N) is 2. The summed E-state index contributed by atoms with van der Waals surface area (Å²) in [5, 5.41) is 0. The highest BCUT2D eigenvalue weighted by Crippen LogP contribution is 2.43. The molecule has 0 spiro atoms. The Kier molecular flexibility index (Phi) is 8.68. The van der Waals surface area contributed by atoms with Crippen LogP contribution in [0.5, 0.6) is 0 Å². The lowest BCUT2D eigenvalue weighted by molar-refractivity contribution is -0.671. The Bertz CT molecular complexity index is 459. The van der Waals surface area contributed by atoms with Gasteiger partial charge in [0, 0.05) is 7.11 Å². The van der Waals surface area contributed by atoms with Gasteiger partial charge >= 0.3 is 19.0 Å². The number of alkyl halides is 5. The molecule has 0 saturated heterocycles. The van der Waals surface area contributed by atoms with Crippen molar-refractivity contribution in [1.29, 1.82) is 0 Å². The van der Waals surface area contributed by atoms with E-state index in [1.165, 1.54) is 0 Å². The van der Waals surface area contributed by atoms with Crippen molar-refractivity contribution in [2.75, 3.05) is 26.9 Å². The van der Waals surface area contributed by atoms with E-state index >= 15 is 0 Å². The number of ether oxygens (including phenoxy) is 2. The fourth-order valence-corrected chi connectivity index (χ4v) is 1.23. The van der Waals surface area contributed by atoms with Gasteiger partial charge < -0.3 is 22.4 Å². The molecule has 13 heteroatoms. The Morgan fingerprint density at radius 1 is 1.04 bits per heavy atom. The summed E-state index contributed by atoms with van der Waals surface area (Å²) >= 11 is 0. The third kappa shape index (κ3) is 7.47. The van der Waals surface area contributed by atoms with Gasteiger partial charge in [0.2, 0.25) is 6.33 Å². The Labute approximate surface area is 133 Å². The molecule has 1 aromatic heterocycles. The molecule has 0 radical (unpaired) electrons. The van der Waals surface area contributed by atoms with E-state index in [1.807, 2.05) is 30.3 Å². The van der Waals surface area contributed by atoms with E-state index in [9.17, 15) is 34.9 Å². The zero-order valence-electron chi connectivity index (χ0n) is 12.9. The number of aryl methyl sites for hydroxylation is 1. The van der Waals surface area contributed by atoms with Crippen LogP contribution >= 0.6 is 0 Å². The van der Waals surface area contributed by atoms with Crippen molar-refractivity contribution in [3.8, 4) is 0 Å². The minimum Gasteiger partial charge on any atom is -0.445 e. The molecule has 0 bridgehead atoms. The van der Waals surface area contributed by atoms with Gasteiger partial charge in [-0.25, -0.2) is 17.9 Å². The molecule has 24 heavy (non-hydrogen) atoms. The molecule has 4 nitrogen and oxygen atoms in total. The van der Waals surface area contributed by atoms with Crippen LogP contribution in [0.25, 0.3) is 0 Å². The van der Waals surface area contributed by atoms with Crippen molar-refractivity contribution in [3.63, 3.8) is 0 Å². The normalized spacial score (nSPS) is 12.8. The van der Waals surface area contributed by atoms with Crippen LogP contribution in [0.3, 0.4) is 0 Å². The molecule has 0 unspecified atom stereocenters. The maximum absolute atomic E-state index is 11.2. The quantitative estimate of drug-likeness (QED) is 0.319. The topological polar surface area (TPSA) is 27.3 Å². The summed E-state index contributed by atoms with van der Waals surface area (Å²) in [5.74, 6) is -6.56. The summed E-state index contributed by atoms with van der Waals surface area (Å²) in [7, 11) is 3.68. The molecule has 142 valence electrons. The summed E-state index contributed by atoms with van der Waals surface area (Å²) in [4.78, 5) is 0. The van der Waals surface area contributed by atoms with Gasteiger partial charge in [-0.15, -0.1) is 0 Å². The van der Waals surface area contributed by atoms with E-state index in [0.29, 0.717) is 13.2 Å². The minimum absolute atomic E-state index is 0.666. The predicted octanol–water partition coefficient (Wildman–Crippen LogP) is 2.55. The molecule has 0 saturated carbocycles. The van der Waals surface area contributed by atoms with Gasteiger partial charge in [-0.3, -0.25) is 0 Å². The van der Waals surface area contributed by atoms with Crippen LogP contribution in [0.1, 0.15) is 0 Å². The van der Waals surface area contributed by atoms with Gasteiger partial charge in [-0.2, -0.15) is 13.2 Å². The summed E-state index contributed by atoms with van der Waals surface area (Å²) in [6, 6.07) is 0. The zero-order valence-corrected chi connectivity index (χ0v) is 12.9. The summed E-state index contributed by atoms with van der Waals surface area (Å²) in [5.41, 5.74) is 0. The Morgan fingerprint density at radius 2 is 1.62 bits per heavy atom. The number of hydrogen-bond donors (Lipinski definition) is 0. The lowest BCUT2D eigenvalue weighted by atomic mass is 9.80. The van der Waals surface area contributed by atoms with Crippen molar-refractivity contribution >= 4 is 6.98 Å². The maximum Gasteiger partial charge on any atom is 0.558 e. The van der Waals surface area contributed by atoms with Crippen molar-refractivity contribution in [3.05, 3.63) is 18.7 Å². The molecular weight excluding hydrogens is 355 g/mol.